The fraction of sp³-hybridized carbons (Fsp3) is 1.00. The molecular weight excluding hydrogens is 301 g/mol. The minimum Gasteiger partial charge on any atom is -0.795 e. The van der Waals surface area contributed by atoms with Gasteiger partial charge in [0.15, 0.2) is 0 Å². The molecule has 15 heavy (non-hydrogen) atoms. The highest BCUT2D eigenvalue weighted by Crippen LogP contribution is 2.12. The van der Waals surface area contributed by atoms with Crippen LogP contribution in [0.15, 0.2) is 0 Å². The van der Waals surface area contributed by atoms with Crippen molar-refractivity contribution in [2.45, 2.75) is 53.4 Å². The van der Waals surface area contributed by atoms with Crippen molar-refractivity contribution >= 4 is 23.0 Å². The van der Waals surface area contributed by atoms with Crippen LogP contribution in [0.2, 0.25) is 0 Å². The van der Waals surface area contributed by atoms with Gasteiger partial charge in [0.05, 0.1) is 26.2 Å². The smallest absolute Gasteiger partial charge is 0.0783 e. The third-order valence-corrected chi connectivity index (χ3v) is 2.79. The Bertz CT molecular complexity index is 90.7. The molecule has 0 fully saturated rings. The molecule has 0 aromatic carbocycles. The third-order valence-electron chi connectivity index (χ3n) is 2.79. The molecule has 0 spiro atoms. The van der Waals surface area contributed by atoms with E-state index in [0.29, 0.717) is 0 Å². The lowest BCUT2D eigenvalue weighted by Gasteiger charge is -2.38. The van der Waals surface area contributed by atoms with Gasteiger partial charge in [-0.3, -0.25) is 0 Å². The second-order valence-corrected chi connectivity index (χ2v) is 4.24. The molecule has 0 aliphatic rings. The normalized spacial score (nSPS) is 10.8. The summed E-state index contributed by atoms with van der Waals surface area (Å²) in [6, 6.07) is 0. The molecule has 3 heteroatoms. The van der Waals surface area contributed by atoms with Crippen molar-refractivity contribution in [1.29, 1.82) is 0 Å². The largest absolute Gasteiger partial charge is 0.795 e. The standard InChI is InChI=1S/C12H28N.IO/c1-5-9-13(10-6-2,11-7-3)12-8-4;1-2/h5-12H2,1-4H3;/q+1;-1. The summed E-state index contributed by atoms with van der Waals surface area (Å²) >= 11 is 0.900. The summed E-state index contributed by atoms with van der Waals surface area (Å²) in [5, 5.41) is 0. The lowest BCUT2D eigenvalue weighted by Crippen LogP contribution is -2.50. The van der Waals surface area contributed by atoms with E-state index in [1.807, 2.05) is 0 Å². The van der Waals surface area contributed by atoms with Crippen LogP contribution in [-0.4, -0.2) is 30.7 Å². The highest BCUT2D eigenvalue weighted by atomic mass is 127. The molecule has 0 bridgehead atoms. The molecule has 94 valence electrons. The van der Waals surface area contributed by atoms with E-state index in [1.54, 1.807) is 0 Å². The number of halogens is 1. The molecule has 0 rings (SSSR count). The summed E-state index contributed by atoms with van der Waals surface area (Å²) in [7, 11) is 0. The maximum atomic E-state index is 8.22. The van der Waals surface area contributed by atoms with E-state index in [4.69, 9.17) is 3.44 Å². The van der Waals surface area contributed by atoms with Crippen LogP contribution in [0.3, 0.4) is 0 Å². The van der Waals surface area contributed by atoms with E-state index in [0.717, 1.165) is 23.0 Å². The Labute approximate surface area is 110 Å². The number of rotatable bonds is 8. The van der Waals surface area contributed by atoms with Crippen molar-refractivity contribution in [1.82, 2.24) is 0 Å². The topological polar surface area (TPSA) is 23.1 Å². The fourth-order valence-corrected chi connectivity index (χ4v) is 2.57. The quantitative estimate of drug-likeness (QED) is 0.496. The molecular formula is C12H28INO. The van der Waals surface area contributed by atoms with Crippen molar-refractivity contribution in [3.8, 4) is 0 Å². The van der Waals surface area contributed by atoms with Crippen LogP contribution in [0.1, 0.15) is 53.4 Å². The van der Waals surface area contributed by atoms with Crippen molar-refractivity contribution in [2.75, 3.05) is 26.2 Å². The lowest BCUT2D eigenvalue weighted by molar-refractivity contribution is -0.928. The number of hydrogen-bond acceptors (Lipinski definition) is 1. The molecule has 0 unspecified atom stereocenters. The highest BCUT2D eigenvalue weighted by molar-refractivity contribution is 14.1. The second-order valence-electron chi connectivity index (χ2n) is 4.24. The number of nitrogens with zero attached hydrogens (tertiary/aromatic N) is 1. The first-order chi connectivity index (χ1) is 7.24. The van der Waals surface area contributed by atoms with Crippen molar-refractivity contribution in [3.63, 3.8) is 0 Å². The van der Waals surface area contributed by atoms with Gasteiger partial charge in [-0.2, -0.15) is 0 Å². The van der Waals surface area contributed by atoms with E-state index < -0.39 is 0 Å². The van der Waals surface area contributed by atoms with Crippen LogP contribution in [0.4, 0.5) is 0 Å². The van der Waals surface area contributed by atoms with Crippen LogP contribution in [0, 0.1) is 0 Å². The summed E-state index contributed by atoms with van der Waals surface area (Å²) in [5.41, 5.74) is 0. The Hall–Kier alpha value is 0.650. The van der Waals surface area contributed by atoms with Crippen LogP contribution < -0.4 is 3.44 Å². The Kier molecular flexibility index (Phi) is 15.3. The molecule has 0 aromatic heterocycles. The van der Waals surface area contributed by atoms with Crippen molar-refractivity contribution in [3.05, 3.63) is 0 Å². The van der Waals surface area contributed by atoms with Gasteiger partial charge in [0, 0.05) is 0 Å². The van der Waals surface area contributed by atoms with E-state index in [-0.39, 0.29) is 0 Å². The lowest BCUT2D eigenvalue weighted by atomic mass is 10.2. The first-order valence-electron chi connectivity index (χ1n) is 6.25. The van der Waals surface area contributed by atoms with Gasteiger partial charge in [-0.15, -0.1) is 0 Å². The molecule has 0 atom stereocenters. The summed E-state index contributed by atoms with van der Waals surface area (Å²) in [6.07, 6.45) is 5.33. The maximum absolute atomic E-state index is 8.22. The third kappa shape index (κ3) is 8.46. The summed E-state index contributed by atoms with van der Waals surface area (Å²) in [4.78, 5) is 0. The Morgan fingerprint density at radius 3 is 1.00 bits per heavy atom. The minimum absolute atomic E-state index is 0.900. The minimum atomic E-state index is 0.900. The van der Waals surface area contributed by atoms with E-state index in [2.05, 4.69) is 27.7 Å². The summed E-state index contributed by atoms with van der Waals surface area (Å²) in [5.74, 6) is 0. The van der Waals surface area contributed by atoms with Crippen LogP contribution in [0.25, 0.3) is 0 Å². The number of hydrogen-bond donors (Lipinski definition) is 0. The van der Waals surface area contributed by atoms with Crippen molar-refractivity contribution < 1.29 is 7.92 Å². The molecule has 0 aromatic rings. The molecule has 2 nitrogen and oxygen atoms in total. The van der Waals surface area contributed by atoms with Gasteiger partial charge in [0.1, 0.15) is 0 Å². The summed E-state index contributed by atoms with van der Waals surface area (Å²) in [6.45, 7) is 14.8. The van der Waals surface area contributed by atoms with Gasteiger partial charge in [-0.05, 0) is 25.7 Å². The summed E-state index contributed by atoms with van der Waals surface area (Å²) < 4.78 is 9.60. The second kappa shape index (κ2) is 12.7. The van der Waals surface area contributed by atoms with Crippen LogP contribution >= 0.6 is 23.0 Å². The zero-order valence-corrected chi connectivity index (χ0v) is 13.0. The predicted octanol–water partition coefficient (Wildman–Crippen LogP) is 3.14. The number of quaternary nitrogens is 1. The monoisotopic (exact) mass is 329 g/mol. The Morgan fingerprint density at radius 2 is 0.867 bits per heavy atom. The highest BCUT2D eigenvalue weighted by Gasteiger charge is 2.22. The fourth-order valence-electron chi connectivity index (χ4n) is 2.57. The van der Waals surface area contributed by atoms with Gasteiger partial charge in [0.2, 0.25) is 0 Å². The Morgan fingerprint density at radius 1 is 0.667 bits per heavy atom. The predicted molar refractivity (Wildman–Crippen MR) is 74.9 cm³/mol. The Balaban J connectivity index is 0. The van der Waals surface area contributed by atoms with Gasteiger partial charge in [-0.25, -0.2) is 23.0 Å². The van der Waals surface area contributed by atoms with Crippen molar-refractivity contribution in [2.24, 2.45) is 0 Å². The average molecular weight is 329 g/mol. The molecule has 0 heterocycles. The molecule has 0 radical (unpaired) electrons. The van der Waals surface area contributed by atoms with Gasteiger partial charge in [0.25, 0.3) is 0 Å². The average Bonchev–Trinajstić information content (AvgIpc) is 2.22. The molecule has 0 aliphatic heterocycles. The first kappa shape index (κ1) is 18.0. The van der Waals surface area contributed by atoms with E-state index in [1.165, 1.54) is 56.3 Å². The van der Waals surface area contributed by atoms with Gasteiger partial charge >= 0.3 is 0 Å². The van der Waals surface area contributed by atoms with Crippen LogP contribution in [0.5, 0.6) is 0 Å². The molecule has 0 saturated heterocycles. The van der Waals surface area contributed by atoms with Gasteiger partial charge in [-0.1, -0.05) is 27.7 Å². The van der Waals surface area contributed by atoms with Crippen LogP contribution in [-0.2, 0) is 0 Å². The molecule has 0 N–H and O–H groups in total. The van der Waals surface area contributed by atoms with Gasteiger partial charge < -0.3 is 7.92 Å². The molecule has 0 saturated carbocycles. The molecule has 0 aliphatic carbocycles. The SMILES string of the molecule is CCC[N+](CCC)(CCC)CCC.[O-]I. The van der Waals surface area contributed by atoms with E-state index >= 15 is 0 Å². The molecule has 0 amide bonds. The maximum Gasteiger partial charge on any atom is 0.0783 e. The zero-order chi connectivity index (χ0) is 12.2. The van der Waals surface area contributed by atoms with E-state index in [9.17, 15) is 0 Å². The first-order valence-corrected chi connectivity index (χ1v) is 7.13. The zero-order valence-electron chi connectivity index (χ0n) is 10.9.